The molecule has 6 heteroatoms. The molecule has 1 heterocycles. The summed E-state index contributed by atoms with van der Waals surface area (Å²) < 4.78 is 24.5. The average molecular weight is 254 g/mol. The van der Waals surface area contributed by atoms with E-state index in [4.69, 9.17) is 11.6 Å². The Kier molecular flexibility index (Phi) is 4.63. The Labute approximate surface area is 95.5 Å². The number of alkyl halides is 2. The summed E-state index contributed by atoms with van der Waals surface area (Å²) in [6.07, 6.45) is -2.42. The Balaban J connectivity index is 2.49. The molecule has 0 saturated carbocycles. The van der Waals surface area contributed by atoms with Crippen molar-refractivity contribution in [3.05, 3.63) is 21.3 Å². The van der Waals surface area contributed by atoms with Gasteiger partial charge >= 0.3 is 0 Å². The third kappa shape index (κ3) is 4.24. The van der Waals surface area contributed by atoms with Gasteiger partial charge in [0.05, 0.1) is 22.3 Å². The quantitative estimate of drug-likeness (QED) is 0.752. The molecule has 0 aromatic carbocycles. The van der Waals surface area contributed by atoms with Gasteiger partial charge in [-0.15, -0.1) is 11.3 Å². The van der Waals surface area contributed by atoms with E-state index in [0.29, 0.717) is 9.21 Å². The first kappa shape index (κ1) is 12.5. The van der Waals surface area contributed by atoms with Crippen molar-refractivity contribution in [1.29, 1.82) is 0 Å². The molecule has 1 rings (SSSR count). The normalized spacial score (nSPS) is 11.3. The van der Waals surface area contributed by atoms with Gasteiger partial charge in [-0.3, -0.25) is 9.69 Å². The standard InChI is InChI=1S/C9H10ClF2NOS/c1-13(5-9(11)12)4-6(14)7-2-3-8(10)15-7/h2-3,9H,4-5H2,1H3. The number of thiophene rings is 1. The van der Waals surface area contributed by atoms with Gasteiger partial charge in [0.15, 0.2) is 5.78 Å². The summed E-state index contributed by atoms with van der Waals surface area (Å²) in [6, 6.07) is 3.22. The third-order valence-corrected chi connectivity index (χ3v) is 2.98. The number of rotatable bonds is 5. The lowest BCUT2D eigenvalue weighted by molar-refractivity contribution is 0.0823. The zero-order valence-electron chi connectivity index (χ0n) is 8.04. The number of nitrogens with zero attached hydrogens (tertiary/aromatic N) is 1. The zero-order chi connectivity index (χ0) is 11.4. The van der Waals surface area contributed by atoms with Crippen LogP contribution in [0, 0.1) is 0 Å². The van der Waals surface area contributed by atoms with Gasteiger partial charge in [0, 0.05) is 0 Å². The number of halogens is 3. The van der Waals surface area contributed by atoms with Gasteiger partial charge < -0.3 is 0 Å². The molecule has 0 atom stereocenters. The van der Waals surface area contributed by atoms with Crippen molar-refractivity contribution in [2.75, 3.05) is 20.1 Å². The summed E-state index contributed by atoms with van der Waals surface area (Å²) in [6.45, 7) is -0.411. The van der Waals surface area contributed by atoms with E-state index in [2.05, 4.69) is 0 Å². The Bertz CT molecular complexity index is 343. The predicted octanol–water partition coefficient (Wildman–Crippen LogP) is 2.78. The van der Waals surface area contributed by atoms with E-state index < -0.39 is 13.0 Å². The molecule has 0 bridgehead atoms. The number of carbonyl (C=O) groups is 1. The summed E-state index contributed by atoms with van der Waals surface area (Å²) in [5, 5.41) is 0. The van der Waals surface area contributed by atoms with Crippen molar-refractivity contribution in [2.45, 2.75) is 6.43 Å². The van der Waals surface area contributed by atoms with Gasteiger partial charge in [-0.25, -0.2) is 8.78 Å². The van der Waals surface area contributed by atoms with Gasteiger partial charge in [-0.05, 0) is 19.2 Å². The van der Waals surface area contributed by atoms with Gasteiger partial charge in [-0.1, -0.05) is 11.6 Å². The Hall–Kier alpha value is -0.520. The largest absolute Gasteiger partial charge is 0.293 e. The second-order valence-corrected chi connectivity index (χ2v) is 4.83. The van der Waals surface area contributed by atoms with Crippen molar-refractivity contribution < 1.29 is 13.6 Å². The minimum atomic E-state index is -2.42. The van der Waals surface area contributed by atoms with Crippen LogP contribution in [0.5, 0.6) is 0 Å². The lowest BCUT2D eigenvalue weighted by Gasteiger charge is -2.13. The Morgan fingerprint density at radius 1 is 1.60 bits per heavy atom. The van der Waals surface area contributed by atoms with E-state index in [0.717, 1.165) is 11.3 Å². The van der Waals surface area contributed by atoms with Gasteiger partial charge in [0.2, 0.25) is 0 Å². The summed E-state index contributed by atoms with van der Waals surface area (Å²) in [5.74, 6) is -0.185. The molecule has 0 amide bonds. The van der Waals surface area contributed by atoms with Crippen LogP contribution in [0.4, 0.5) is 8.78 Å². The lowest BCUT2D eigenvalue weighted by Crippen LogP contribution is -2.30. The van der Waals surface area contributed by atoms with Crippen molar-refractivity contribution in [3.63, 3.8) is 0 Å². The maximum Gasteiger partial charge on any atom is 0.251 e. The average Bonchev–Trinajstić information content (AvgIpc) is 2.49. The van der Waals surface area contributed by atoms with E-state index >= 15 is 0 Å². The highest BCUT2D eigenvalue weighted by molar-refractivity contribution is 7.18. The first-order valence-electron chi connectivity index (χ1n) is 4.24. The molecule has 15 heavy (non-hydrogen) atoms. The van der Waals surface area contributed by atoms with E-state index in [1.54, 1.807) is 12.1 Å². The van der Waals surface area contributed by atoms with Crippen molar-refractivity contribution in [3.8, 4) is 0 Å². The molecular formula is C9H10ClF2NOS. The molecular weight excluding hydrogens is 244 g/mol. The van der Waals surface area contributed by atoms with Crippen LogP contribution >= 0.6 is 22.9 Å². The second-order valence-electron chi connectivity index (χ2n) is 3.11. The molecule has 0 aliphatic heterocycles. The fourth-order valence-corrected chi connectivity index (χ4v) is 2.06. The fraction of sp³-hybridized carbons (Fsp3) is 0.444. The summed E-state index contributed by atoms with van der Waals surface area (Å²) >= 11 is 6.82. The van der Waals surface area contributed by atoms with E-state index in [9.17, 15) is 13.6 Å². The summed E-state index contributed by atoms with van der Waals surface area (Å²) in [5.41, 5.74) is 0. The van der Waals surface area contributed by atoms with Gasteiger partial charge in [0.1, 0.15) is 0 Å². The van der Waals surface area contributed by atoms with Crippen molar-refractivity contribution in [2.24, 2.45) is 0 Å². The Morgan fingerprint density at radius 3 is 2.73 bits per heavy atom. The molecule has 0 N–H and O–H groups in total. The molecule has 0 radical (unpaired) electrons. The number of hydrogen-bond donors (Lipinski definition) is 0. The predicted molar refractivity (Wildman–Crippen MR) is 57.2 cm³/mol. The van der Waals surface area contributed by atoms with Crippen molar-refractivity contribution >= 4 is 28.7 Å². The molecule has 0 fully saturated rings. The first-order valence-corrected chi connectivity index (χ1v) is 5.43. The number of ketones is 1. The summed E-state index contributed by atoms with van der Waals surface area (Å²) in [4.78, 5) is 13.3. The highest BCUT2D eigenvalue weighted by atomic mass is 35.5. The first-order chi connectivity index (χ1) is 6.99. The zero-order valence-corrected chi connectivity index (χ0v) is 9.62. The number of carbonyl (C=O) groups excluding carboxylic acids is 1. The van der Waals surface area contributed by atoms with Crippen LogP contribution in [-0.4, -0.2) is 37.2 Å². The monoisotopic (exact) mass is 253 g/mol. The van der Waals surface area contributed by atoms with E-state index in [1.807, 2.05) is 0 Å². The third-order valence-electron chi connectivity index (χ3n) is 1.71. The molecule has 0 aliphatic rings. The number of Topliss-reactive ketones (excluding diaryl/α,β-unsaturated/α-hetero) is 1. The van der Waals surface area contributed by atoms with Crippen LogP contribution in [0.2, 0.25) is 4.34 Å². The van der Waals surface area contributed by atoms with E-state index in [1.165, 1.54) is 11.9 Å². The second kappa shape index (κ2) is 5.53. The Morgan fingerprint density at radius 2 is 2.27 bits per heavy atom. The molecule has 0 unspecified atom stereocenters. The number of likely N-dealkylation sites (N-methyl/N-ethyl adjacent to an activating group) is 1. The van der Waals surface area contributed by atoms with Gasteiger partial charge in [-0.2, -0.15) is 0 Å². The maximum absolute atomic E-state index is 12.0. The van der Waals surface area contributed by atoms with Crippen LogP contribution in [0.1, 0.15) is 9.67 Å². The fourth-order valence-electron chi connectivity index (χ4n) is 1.09. The minimum absolute atomic E-state index is 0.0127. The minimum Gasteiger partial charge on any atom is -0.293 e. The van der Waals surface area contributed by atoms with Crippen LogP contribution in [0.25, 0.3) is 0 Å². The molecule has 1 aromatic heterocycles. The van der Waals surface area contributed by atoms with Crippen LogP contribution in [0.3, 0.4) is 0 Å². The molecule has 0 saturated heterocycles. The highest BCUT2D eigenvalue weighted by Gasteiger charge is 2.14. The topological polar surface area (TPSA) is 20.3 Å². The molecule has 2 nitrogen and oxygen atoms in total. The highest BCUT2D eigenvalue weighted by Crippen LogP contribution is 2.21. The molecule has 84 valence electrons. The van der Waals surface area contributed by atoms with Crippen molar-refractivity contribution in [1.82, 2.24) is 4.90 Å². The molecule has 0 aliphatic carbocycles. The van der Waals surface area contributed by atoms with Crippen LogP contribution < -0.4 is 0 Å². The summed E-state index contributed by atoms with van der Waals surface area (Å²) in [7, 11) is 1.49. The maximum atomic E-state index is 12.0. The SMILES string of the molecule is CN(CC(=O)c1ccc(Cl)s1)CC(F)F. The van der Waals surface area contributed by atoms with Crippen LogP contribution in [0.15, 0.2) is 12.1 Å². The molecule has 0 spiro atoms. The van der Waals surface area contributed by atoms with E-state index in [-0.39, 0.29) is 12.3 Å². The lowest BCUT2D eigenvalue weighted by atomic mass is 10.3. The van der Waals surface area contributed by atoms with Crippen LogP contribution in [-0.2, 0) is 0 Å². The number of hydrogen-bond acceptors (Lipinski definition) is 3. The smallest absolute Gasteiger partial charge is 0.251 e. The van der Waals surface area contributed by atoms with Gasteiger partial charge in [0.25, 0.3) is 6.43 Å². The molecule has 1 aromatic rings.